The highest BCUT2D eigenvalue weighted by Gasteiger charge is 2.13. The molecule has 0 N–H and O–H groups in total. The van der Waals surface area contributed by atoms with Crippen molar-refractivity contribution in [3.8, 4) is 6.07 Å². The third-order valence-electron chi connectivity index (χ3n) is 0.953. The Labute approximate surface area is 79.8 Å². The van der Waals surface area contributed by atoms with Crippen molar-refractivity contribution in [2.45, 2.75) is 6.92 Å². The van der Waals surface area contributed by atoms with Crippen molar-refractivity contribution < 1.29 is 23.9 Å². The summed E-state index contributed by atoms with van der Waals surface area (Å²) in [5.74, 6) is -0.959. The summed E-state index contributed by atoms with van der Waals surface area (Å²) in [6.45, 7) is 1.66. The van der Waals surface area contributed by atoms with E-state index in [4.69, 9.17) is 5.26 Å². The number of nitrogens with zero attached hydrogens (tertiary/aromatic N) is 2. The number of oxime groups is 1. The number of nitriles is 1. The van der Waals surface area contributed by atoms with Crippen LogP contribution in [0.1, 0.15) is 6.92 Å². The van der Waals surface area contributed by atoms with Gasteiger partial charge in [0.2, 0.25) is 0 Å². The summed E-state index contributed by atoms with van der Waals surface area (Å²) in [6.07, 6.45) is -1.12. The molecule has 0 heterocycles. The highest BCUT2D eigenvalue weighted by atomic mass is 16.8. The molecule has 0 aliphatic rings. The fourth-order valence-corrected chi connectivity index (χ4v) is 0.423. The Hall–Kier alpha value is -2.10. The summed E-state index contributed by atoms with van der Waals surface area (Å²) in [7, 11) is 1.06. The number of methoxy groups -OCH3 is 1. The van der Waals surface area contributed by atoms with Crippen LogP contribution < -0.4 is 0 Å². The number of hydrogen-bond acceptors (Lipinski definition) is 7. The summed E-state index contributed by atoms with van der Waals surface area (Å²) >= 11 is 0. The van der Waals surface area contributed by atoms with Gasteiger partial charge in [0.25, 0.3) is 5.71 Å². The van der Waals surface area contributed by atoms with Gasteiger partial charge in [-0.2, -0.15) is 5.26 Å². The molecule has 0 amide bonds. The molecular formula is C7H8N2O5. The Morgan fingerprint density at radius 3 is 2.57 bits per heavy atom. The zero-order valence-electron chi connectivity index (χ0n) is 7.64. The smallest absolute Gasteiger partial charge is 0.461 e. The molecular weight excluding hydrogens is 192 g/mol. The van der Waals surface area contributed by atoms with Crippen molar-refractivity contribution in [1.29, 1.82) is 5.26 Å². The van der Waals surface area contributed by atoms with E-state index in [-0.39, 0.29) is 6.61 Å². The van der Waals surface area contributed by atoms with Crippen molar-refractivity contribution in [1.82, 2.24) is 0 Å². The molecule has 14 heavy (non-hydrogen) atoms. The van der Waals surface area contributed by atoms with Crippen molar-refractivity contribution in [2.75, 3.05) is 13.7 Å². The maximum Gasteiger partial charge on any atom is 0.534 e. The summed E-state index contributed by atoms with van der Waals surface area (Å²) in [5, 5.41) is 11.3. The minimum atomic E-state index is -1.12. The van der Waals surface area contributed by atoms with Gasteiger partial charge in [0.1, 0.15) is 6.07 Å². The number of esters is 1. The molecule has 0 unspecified atom stereocenters. The maximum atomic E-state index is 10.9. The molecule has 0 aromatic rings. The topological polar surface area (TPSA) is 98.0 Å². The Morgan fingerprint density at radius 1 is 1.50 bits per heavy atom. The van der Waals surface area contributed by atoms with Crippen LogP contribution in [0.4, 0.5) is 4.79 Å². The Morgan fingerprint density at radius 2 is 2.14 bits per heavy atom. The van der Waals surface area contributed by atoms with Gasteiger partial charge in [-0.15, -0.1) is 0 Å². The molecule has 0 saturated carbocycles. The highest BCUT2D eigenvalue weighted by Crippen LogP contribution is 1.89. The molecule has 7 heteroatoms. The molecule has 0 aromatic carbocycles. The standard InChI is InChI=1S/C7H8N2O5/c1-3-13-6(10)5(4-8)9-14-7(11)12-2/h3H2,1-2H3/b9-5-. The predicted octanol–water partition coefficient (Wildman–Crippen LogP) is 0.212. The number of ether oxygens (including phenoxy) is 2. The molecule has 0 rings (SSSR count). The van der Waals surface area contributed by atoms with E-state index in [1.165, 1.54) is 6.07 Å². The van der Waals surface area contributed by atoms with Gasteiger partial charge >= 0.3 is 12.1 Å². The van der Waals surface area contributed by atoms with Crippen LogP contribution in [0.5, 0.6) is 0 Å². The van der Waals surface area contributed by atoms with Gasteiger partial charge in [-0.25, -0.2) is 9.59 Å². The first kappa shape index (κ1) is 11.9. The molecule has 0 bridgehead atoms. The average molecular weight is 200 g/mol. The maximum absolute atomic E-state index is 10.9. The second kappa shape index (κ2) is 6.42. The van der Waals surface area contributed by atoms with E-state index in [9.17, 15) is 9.59 Å². The van der Waals surface area contributed by atoms with Gasteiger partial charge in [0.05, 0.1) is 13.7 Å². The van der Waals surface area contributed by atoms with E-state index < -0.39 is 17.8 Å². The number of hydrogen-bond donors (Lipinski definition) is 0. The third kappa shape index (κ3) is 4.06. The van der Waals surface area contributed by atoms with Crippen molar-refractivity contribution >= 4 is 17.8 Å². The van der Waals surface area contributed by atoms with E-state index in [2.05, 4.69) is 19.5 Å². The lowest BCUT2D eigenvalue weighted by Gasteiger charge is -1.97. The SMILES string of the molecule is CCOC(=O)/C(C#N)=N\OC(=O)OC. The van der Waals surface area contributed by atoms with E-state index in [0.29, 0.717) is 0 Å². The Kier molecular flexibility index (Phi) is 5.46. The summed E-state index contributed by atoms with van der Waals surface area (Å²) in [5.41, 5.74) is -0.655. The van der Waals surface area contributed by atoms with Gasteiger partial charge in [-0.1, -0.05) is 5.16 Å². The lowest BCUT2D eigenvalue weighted by Crippen LogP contribution is -2.16. The van der Waals surface area contributed by atoms with E-state index in [1.54, 1.807) is 6.92 Å². The first-order valence-electron chi connectivity index (χ1n) is 3.55. The normalized spacial score (nSPS) is 9.93. The zero-order valence-corrected chi connectivity index (χ0v) is 7.64. The summed E-state index contributed by atoms with van der Waals surface area (Å²) in [6, 6.07) is 1.41. The van der Waals surface area contributed by atoms with E-state index in [0.717, 1.165) is 7.11 Å². The fourth-order valence-electron chi connectivity index (χ4n) is 0.423. The molecule has 0 atom stereocenters. The Bertz CT molecular complexity index is 291. The number of carbonyl (C=O) groups excluding carboxylic acids is 2. The second-order valence-corrected chi connectivity index (χ2v) is 1.82. The molecule has 0 radical (unpaired) electrons. The zero-order chi connectivity index (χ0) is 11.0. The fraction of sp³-hybridized carbons (Fsp3) is 0.429. The van der Waals surface area contributed by atoms with Gasteiger partial charge in [-0.3, -0.25) is 4.84 Å². The van der Waals surface area contributed by atoms with Crippen LogP contribution in [0.15, 0.2) is 5.16 Å². The molecule has 7 nitrogen and oxygen atoms in total. The molecule has 0 saturated heterocycles. The monoisotopic (exact) mass is 200 g/mol. The lowest BCUT2D eigenvalue weighted by molar-refractivity contribution is -0.135. The second-order valence-electron chi connectivity index (χ2n) is 1.82. The van der Waals surface area contributed by atoms with Crippen LogP contribution in [0, 0.1) is 11.3 Å². The summed E-state index contributed by atoms with van der Waals surface area (Å²) < 4.78 is 8.49. The van der Waals surface area contributed by atoms with Gasteiger partial charge in [0.15, 0.2) is 0 Å². The van der Waals surface area contributed by atoms with Gasteiger partial charge in [-0.05, 0) is 6.92 Å². The third-order valence-corrected chi connectivity index (χ3v) is 0.953. The van der Waals surface area contributed by atoms with Crippen molar-refractivity contribution in [3.05, 3.63) is 0 Å². The molecule has 0 spiro atoms. The molecule has 76 valence electrons. The largest absolute Gasteiger partial charge is 0.534 e. The number of rotatable bonds is 3. The van der Waals surface area contributed by atoms with Crippen LogP contribution in [-0.4, -0.2) is 31.6 Å². The average Bonchev–Trinajstić information content (AvgIpc) is 2.18. The minimum Gasteiger partial charge on any atom is -0.461 e. The predicted molar refractivity (Wildman–Crippen MR) is 43.2 cm³/mol. The van der Waals surface area contributed by atoms with Crippen molar-refractivity contribution in [3.63, 3.8) is 0 Å². The molecule has 0 aliphatic carbocycles. The molecule has 0 fully saturated rings. The van der Waals surface area contributed by atoms with Crippen LogP contribution >= 0.6 is 0 Å². The highest BCUT2D eigenvalue weighted by molar-refractivity contribution is 6.42. The van der Waals surface area contributed by atoms with Crippen LogP contribution in [-0.2, 0) is 19.1 Å². The number of carbonyl (C=O) groups is 2. The molecule has 0 aromatic heterocycles. The van der Waals surface area contributed by atoms with E-state index in [1.807, 2.05) is 0 Å². The minimum absolute atomic E-state index is 0.0950. The van der Waals surface area contributed by atoms with Crippen molar-refractivity contribution in [2.24, 2.45) is 5.16 Å². The van der Waals surface area contributed by atoms with Crippen LogP contribution in [0.25, 0.3) is 0 Å². The van der Waals surface area contributed by atoms with Gasteiger partial charge < -0.3 is 9.47 Å². The first-order valence-corrected chi connectivity index (χ1v) is 3.55. The summed E-state index contributed by atoms with van der Waals surface area (Å²) in [4.78, 5) is 25.3. The van der Waals surface area contributed by atoms with Gasteiger partial charge in [0, 0.05) is 0 Å². The lowest BCUT2D eigenvalue weighted by atomic mass is 10.4. The first-order chi connectivity index (χ1) is 6.65. The van der Waals surface area contributed by atoms with E-state index >= 15 is 0 Å². The van der Waals surface area contributed by atoms with Crippen LogP contribution in [0.3, 0.4) is 0 Å². The Balaban J connectivity index is 4.34. The molecule has 0 aliphatic heterocycles. The van der Waals surface area contributed by atoms with Crippen LogP contribution in [0.2, 0.25) is 0 Å². The quantitative estimate of drug-likeness (QED) is 0.279.